The van der Waals surface area contributed by atoms with Crippen molar-refractivity contribution in [1.29, 1.82) is 0 Å². The van der Waals surface area contributed by atoms with Crippen LogP contribution in [0.1, 0.15) is 39.9 Å². The Bertz CT molecular complexity index is 777. The first-order valence-corrected chi connectivity index (χ1v) is 9.17. The Labute approximate surface area is 155 Å². The number of likely N-dealkylation sites (tertiary alicyclic amines) is 1. The van der Waals surface area contributed by atoms with Crippen molar-refractivity contribution >= 4 is 5.78 Å². The number of hydrogen-bond donors (Lipinski definition) is 1. The first kappa shape index (κ1) is 18.5. The summed E-state index contributed by atoms with van der Waals surface area (Å²) in [5, 5.41) is 9.95. The number of phenolic OH excluding ortho intramolecular Hbond substituents is 1. The van der Waals surface area contributed by atoms with Crippen LogP contribution < -0.4 is 4.74 Å². The molecule has 4 heteroatoms. The van der Waals surface area contributed by atoms with Gasteiger partial charge in [0.25, 0.3) is 0 Å². The number of ether oxygens (including phenoxy) is 1. The van der Waals surface area contributed by atoms with Crippen molar-refractivity contribution in [2.75, 3.05) is 20.2 Å². The monoisotopic (exact) mass is 353 g/mol. The average Bonchev–Trinajstić information content (AvgIpc) is 2.65. The first-order chi connectivity index (χ1) is 12.5. The molecule has 0 aliphatic carbocycles. The number of carbonyl (C=O) groups is 1. The van der Waals surface area contributed by atoms with Crippen LogP contribution in [0.4, 0.5) is 0 Å². The highest BCUT2D eigenvalue weighted by Gasteiger charge is 2.27. The predicted octanol–water partition coefficient (Wildman–Crippen LogP) is 4.11. The van der Waals surface area contributed by atoms with E-state index in [1.807, 2.05) is 50.2 Å². The predicted molar refractivity (Wildman–Crippen MR) is 103 cm³/mol. The Morgan fingerprint density at radius 1 is 1.23 bits per heavy atom. The largest absolute Gasteiger partial charge is 0.507 e. The fraction of sp³-hybridized carbons (Fsp3) is 0.409. The van der Waals surface area contributed by atoms with Crippen LogP contribution in [0.15, 0.2) is 36.4 Å². The van der Waals surface area contributed by atoms with Gasteiger partial charge in [0.15, 0.2) is 5.78 Å². The number of nitrogens with zero attached hydrogens (tertiary/aromatic N) is 1. The van der Waals surface area contributed by atoms with Crippen LogP contribution in [0, 0.1) is 19.8 Å². The fourth-order valence-electron chi connectivity index (χ4n) is 3.82. The SMILES string of the molecule is COc1cccc(C(=O)C2CCCN(Cc3cc(C)c(O)c(C)c3)C2)c1. The number of aromatic hydroxyl groups is 1. The summed E-state index contributed by atoms with van der Waals surface area (Å²) in [6, 6.07) is 11.5. The van der Waals surface area contributed by atoms with Gasteiger partial charge in [0.2, 0.25) is 0 Å². The Morgan fingerprint density at radius 3 is 2.65 bits per heavy atom. The first-order valence-electron chi connectivity index (χ1n) is 9.17. The van der Waals surface area contributed by atoms with Crippen molar-refractivity contribution in [2.24, 2.45) is 5.92 Å². The van der Waals surface area contributed by atoms with E-state index < -0.39 is 0 Å². The molecule has 0 aromatic heterocycles. The third-order valence-electron chi connectivity index (χ3n) is 5.19. The maximum Gasteiger partial charge on any atom is 0.167 e. The van der Waals surface area contributed by atoms with Gasteiger partial charge in [-0.2, -0.15) is 0 Å². The quantitative estimate of drug-likeness (QED) is 0.822. The van der Waals surface area contributed by atoms with Crippen molar-refractivity contribution in [1.82, 2.24) is 4.90 Å². The van der Waals surface area contributed by atoms with Crippen LogP contribution in [-0.4, -0.2) is 36.0 Å². The standard InChI is InChI=1S/C22H27NO3/c1-15-10-17(11-16(2)21(15)24)13-23-9-5-7-19(14-23)22(25)18-6-4-8-20(12-18)26-3/h4,6,8,10-12,19,24H,5,7,9,13-14H2,1-3H3. The molecule has 1 unspecified atom stereocenters. The molecule has 2 aromatic carbocycles. The number of hydrogen-bond acceptors (Lipinski definition) is 4. The van der Waals surface area contributed by atoms with E-state index in [0.717, 1.165) is 54.9 Å². The van der Waals surface area contributed by atoms with Crippen molar-refractivity contribution in [3.05, 3.63) is 58.7 Å². The highest BCUT2D eigenvalue weighted by atomic mass is 16.5. The Balaban J connectivity index is 1.70. The topological polar surface area (TPSA) is 49.8 Å². The number of aryl methyl sites for hydroxylation is 2. The summed E-state index contributed by atoms with van der Waals surface area (Å²) in [6.45, 7) is 6.44. The molecular formula is C22H27NO3. The second-order valence-electron chi connectivity index (χ2n) is 7.25. The molecule has 1 atom stereocenters. The molecule has 1 heterocycles. The number of benzene rings is 2. The smallest absolute Gasteiger partial charge is 0.167 e. The summed E-state index contributed by atoms with van der Waals surface area (Å²) in [7, 11) is 1.62. The summed E-state index contributed by atoms with van der Waals surface area (Å²) >= 11 is 0. The molecule has 0 bridgehead atoms. The molecule has 1 fully saturated rings. The number of carbonyl (C=O) groups excluding carboxylic acids is 1. The van der Waals surface area contributed by atoms with Crippen LogP contribution in [0.2, 0.25) is 0 Å². The molecule has 0 saturated carbocycles. The minimum absolute atomic E-state index is 0.0233. The fourth-order valence-corrected chi connectivity index (χ4v) is 3.82. The molecule has 1 N–H and O–H groups in total. The van der Waals surface area contributed by atoms with E-state index in [9.17, 15) is 9.90 Å². The Hall–Kier alpha value is -2.33. The van der Waals surface area contributed by atoms with E-state index in [0.29, 0.717) is 5.75 Å². The second-order valence-corrected chi connectivity index (χ2v) is 7.25. The van der Waals surface area contributed by atoms with Gasteiger partial charge in [0, 0.05) is 24.6 Å². The number of piperidine rings is 1. The third-order valence-corrected chi connectivity index (χ3v) is 5.19. The van der Waals surface area contributed by atoms with E-state index in [4.69, 9.17) is 4.74 Å². The van der Waals surface area contributed by atoms with Gasteiger partial charge >= 0.3 is 0 Å². The molecule has 4 nitrogen and oxygen atoms in total. The zero-order valence-electron chi connectivity index (χ0n) is 15.8. The van der Waals surface area contributed by atoms with Gasteiger partial charge in [-0.15, -0.1) is 0 Å². The molecule has 138 valence electrons. The van der Waals surface area contributed by atoms with Crippen LogP contribution in [0.3, 0.4) is 0 Å². The van der Waals surface area contributed by atoms with Gasteiger partial charge in [0.1, 0.15) is 11.5 Å². The molecule has 0 amide bonds. The third kappa shape index (κ3) is 4.07. The summed E-state index contributed by atoms with van der Waals surface area (Å²) in [5.74, 6) is 1.32. The molecular weight excluding hydrogens is 326 g/mol. The lowest BCUT2D eigenvalue weighted by molar-refractivity contribution is 0.0811. The molecule has 26 heavy (non-hydrogen) atoms. The molecule has 1 aliphatic heterocycles. The maximum absolute atomic E-state index is 12.9. The average molecular weight is 353 g/mol. The molecule has 0 spiro atoms. The van der Waals surface area contributed by atoms with Crippen molar-refractivity contribution in [2.45, 2.75) is 33.2 Å². The van der Waals surface area contributed by atoms with Gasteiger partial charge in [-0.25, -0.2) is 0 Å². The van der Waals surface area contributed by atoms with Crippen LogP contribution in [0.25, 0.3) is 0 Å². The summed E-state index contributed by atoms with van der Waals surface area (Å²) < 4.78 is 5.24. The zero-order valence-corrected chi connectivity index (χ0v) is 15.8. The minimum atomic E-state index is 0.0233. The van der Waals surface area contributed by atoms with Gasteiger partial charge < -0.3 is 9.84 Å². The van der Waals surface area contributed by atoms with Crippen molar-refractivity contribution < 1.29 is 14.6 Å². The summed E-state index contributed by atoms with van der Waals surface area (Å²) in [4.78, 5) is 15.2. The highest BCUT2D eigenvalue weighted by Crippen LogP contribution is 2.27. The van der Waals surface area contributed by atoms with Crippen LogP contribution >= 0.6 is 0 Å². The lowest BCUT2D eigenvalue weighted by Crippen LogP contribution is -2.38. The summed E-state index contributed by atoms with van der Waals surface area (Å²) in [5.41, 5.74) is 3.72. The summed E-state index contributed by atoms with van der Waals surface area (Å²) in [6.07, 6.45) is 1.95. The molecule has 2 aromatic rings. The normalized spacial score (nSPS) is 17.9. The van der Waals surface area contributed by atoms with E-state index in [2.05, 4.69) is 4.90 Å². The number of phenols is 1. The lowest BCUT2D eigenvalue weighted by Gasteiger charge is -2.32. The van der Waals surface area contributed by atoms with Gasteiger partial charge in [-0.1, -0.05) is 24.3 Å². The number of ketones is 1. The lowest BCUT2D eigenvalue weighted by atomic mass is 9.89. The maximum atomic E-state index is 12.9. The van der Waals surface area contributed by atoms with Gasteiger partial charge in [0.05, 0.1) is 7.11 Å². The number of methoxy groups -OCH3 is 1. The van der Waals surface area contributed by atoms with Crippen molar-refractivity contribution in [3.8, 4) is 11.5 Å². The highest BCUT2D eigenvalue weighted by molar-refractivity contribution is 5.98. The Morgan fingerprint density at radius 2 is 1.96 bits per heavy atom. The van der Waals surface area contributed by atoms with E-state index in [1.54, 1.807) is 7.11 Å². The van der Waals surface area contributed by atoms with E-state index in [1.165, 1.54) is 5.56 Å². The van der Waals surface area contributed by atoms with Crippen molar-refractivity contribution in [3.63, 3.8) is 0 Å². The van der Waals surface area contributed by atoms with Crippen LogP contribution in [-0.2, 0) is 6.54 Å². The van der Waals surface area contributed by atoms with E-state index >= 15 is 0 Å². The second kappa shape index (κ2) is 7.92. The number of rotatable bonds is 5. The molecule has 1 saturated heterocycles. The minimum Gasteiger partial charge on any atom is -0.507 e. The van der Waals surface area contributed by atoms with Crippen LogP contribution in [0.5, 0.6) is 11.5 Å². The Kier molecular flexibility index (Phi) is 5.62. The van der Waals surface area contributed by atoms with Gasteiger partial charge in [-0.3, -0.25) is 9.69 Å². The molecule has 1 aliphatic rings. The van der Waals surface area contributed by atoms with E-state index in [-0.39, 0.29) is 11.7 Å². The van der Waals surface area contributed by atoms with Gasteiger partial charge in [-0.05, 0) is 62.1 Å². The zero-order chi connectivity index (χ0) is 18.7. The molecule has 0 radical (unpaired) electrons. The number of Topliss-reactive ketones (excluding diaryl/α,β-unsaturated/α-hetero) is 1. The molecule has 3 rings (SSSR count).